The van der Waals surface area contributed by atoms with Crippen molar-refractivity contribution in [2.45, 2.75) is 32.8 Å². The van der Waals surface area contributed by atoms with E-state index in [1.165, 1.54) is 0 Å². The van der Waals surface area contributed by atoms with Gasteiger partial charge in [0.1, 0.15) is 0 Å². The minimum Gasteiger partial charge on any atom is -0.389 e. The fraction of sp³-hybridized carbons (Fsp3) is 0.375. The van der Waals surface area contributed by atoms with E-state index in [4.69, 9.17) is 0 Å². The van der Waals surface area contributed by atoms with E-state index >= 15 is 0 Å². The van der Waals surface area contributed by atoms with Crippen molar-refractivity contribution in [1.29, 1.82) is 0 Å². The van der Waals surface area contributed by atoms with Crippen LogP contribution in [0.1, 0.15) is 25.0 Å². The van der Waals surface area contributed by atoms with Crippen molar-refractivity contribution < 1.29 is 9.90 Å². The van der Waals surface area contributed by atoms with Crippen LogP contribution in [0.5, 0.6) is 0 Å². The number of aliphatic hydroxyl groups is 1. The van der Waals surface area contributed by atoms with Gasteiger partial charge >= 0.3 is 0 Å². The van der Waals surface area contributed by atoms with Gasteiger partial charge in [0.2, 0.25) is 5.91 Å². The zero-order chi connectivity index (χ0) is 15.6. The van der Waals surface area contributed by atoms with Crippen molar-refractivity contribution in [2.75, 3.05) is 6.54 Å². The van der Waals surface area contributed by atoms with Gasteiger partial charge in [0.15, 0.2) is 0 Å². The summed E-state index contributed by atoms with van der Waals surface area (Å²) in [5.41, 5.74) is 1.24. The van der Waals surface area contributed by atoms with Gasteiger partial charge in [-0.25, -0.2) is 0 Å². The highest BCUT2D eigenvalue weighted by Gasteiger charge is 2.14. The standard InChI is InChI=1S/C16H20N2O3/c1-10-6-12-7-11(4-5-13(12)18-15(10)20)8-14(19)17-9-16(2,3)21/h4-7,21H,8-9H2,1-3H3,(H,17,19)(H,18,20). The summed E-state index contributed by atoms with van der Waals surface area (Å²) in [5, 5.41) is 13.2. The number of aromatic nitrogens is 1. The Bertz CT molecular complexity index is 726. The van der Waals surface area contributed by atoms with Crippen molar-refractivity contribution in [3.8, 4) is 0 Å². The van der Waals surface area contributed by atoms with E-state index < -0.39 is 5.60 Å². The smallest absolute Gasteiger partial charge is 0.251 e. The molecule has 1 amide bonds. The van der Waals surface area contributed by atoms with Crippen LogP contribution in [0.2, 0.25) is 0 Å². The first-order valence-corrected chi connectivity index (χ1v) is 6.86. The van der Waals surface area contributed by atoms with E-state index in [9.17, 15) is 14.7 Å². The summed E-state index contributed by atoms with van der Waals surface area (Å²) in [6, 6.07) is 7.32. The normalized spacial score (nSPS) is 11.6. The summed E-state index contributed by atoms with van der Waals surface area (Å²) in [7, 11) is 0. The highest BCUT2D eigenvalue weighted by Crippen LogP contribution is 2.14. The lowest BCUT2D eigenvalue weighted by atomic mass is 10.1. The molecule has 0 aliphatic heterocycles. The van der Waals surface area contributed by atoms with Gasteiger partial charge in [-0.2, -0.15) is 0 Å². The van der Waals surface area contributed by atoms with E-state index in [2.05, 4.69) is 10.3 Å². The second-order valence-electron chi connectivity index (χ2n) is 5.97. The fourth-order valence-corrected chi connectivity index (χ4v) is 2.04. The summed E-state index contributed by atoms with van der Waals surface area (Å²) in [4.78, 5) is 26.2. The number of benzene rings is 1. The number of amides is 1. The number of carbonyl (C=O) groups is 1. The predicted octanol–water partition coefficient (Wildman–Crippen LogP) is 1.27. The molecule has 112 valence electrons. The van der Waals surface area contributed by atoms with Crippen LogP contribution in [0.4, 0.5) is 0 Å². The van der Waals surface area contributed by atoms with E-state index in [0.29, 0.717) is 5.56 Å². The first-order valence-electron chi connectivity index (χ1n) is 6.86. The van der Waals surface area contributed by atoms with Crippen LogP contribution in [-0.2, 0) is 11.2 Å². The molecule has 0 spiro atoms. The average molecular weight is 288 g/mol. The zero-order valence-corrected chi connectivity index (χ0v) is 12.5. The molecule has 0 saturated heterocycles. The van der Waals surface area contributed by atoms with Gasteiger partial charge in [-0.05, 0) is 49.9 Å². The molecule has 1 aromatic heterocycles. The highest BCUT2D eigenvalue weighted by atomic mass is 16.3. The quantitative estimate of drug-likeness (QED) is 0.792. The first kappa shape index (κ1) is 15.3. The van der Waals surface area contributed by atoms with Crippen LogP contribution in [0.3, 0.4) is 0 Å². The van der Waals surface area contributed by atoms with Gasteiger partial charge in [0.25, 0.3) is 5.56 Å². The lowest BCUT2D eigenvalue weighted by Gasteiger charge is -2.17. The minimum atomic E-state index is -0.921. The predicted molar refractivity (Wildman–Crippen MR) is 82.3 cm³/mol. The van der Waals surface area contributed by atoms with Gasteiger partial charge in [0.05, 0.1) is 12.0 Å². The summed E-state index contributed by atoms with van der Waals surface area (Å²) >= 11 is 0. The van der Waals surface area contributed by atoms with E-state index in [1.54, 1.807) is 26.8 Å². The molecule has 0 atom stereocenters. The Morgan fingerprint density at radius 2 is 2.05 bits per heavy atom. The fourth-order valence-electron chi connectivity index (χ4n) is 2.04. The number of fused-ring (bicyclic) bond motifs is 1. The Labute approximate surface area is 123 Å². The molecular formula is C16H20N2O3. The van der Waals surface area contributed by atoms with Crippen molar-refractivity contribution >= 4 is 16.8 Å². The second kappa shape index (κ2) is 5.69. The lowest BCUT2D eigenvalue weighted by Crippen LogP contribution is -2.38. The maximum Gasteiger partial charge on any atom is 0.251 e. The van der Waals surface area contributed by atoms with Gasteiger partial charge in [-0.3, -0.25) is 9.59 Å². The Morgan fingerprint density at radius 1 is 1.33 bits per heavy atom. The number of aromatic amines is 1. The molecule has 0 fully saturated rings. The summed E-state index contributed by atoms with van der Waals surface area (Å²) in [5.74, 6) is -0.141. The Balaban J connectivity index is 2.14. The highest BCUT2D eigenvalue weighted by molar-refractivity contribution is 5.83. The lowest BCUT2D eigenvalue weighted by molar-refractivity contribution is -0.121. The van der Waals surface area contributed by atoms with Crippen molar-refractivity contribution in [3.05, 3.63) is 45.7 Å². The number of carbonyl (C=O) groups excluding carboxylic acids is 1. The minimum absolute atomic E-state index is 0.0989. The molecule has 2 rings (SSSR count). The third kappa shape index (κ3) is 4.16. The molecule has 0 unspecified atom stereocenters. The number of aryl methyl sites for hydroxylation is 1. The number of rotatable bonds is 4. The van der Waals surface area contributed by atoms with Crippen LogP contribution in [0, 0.1) is 6.92 Å². The SMILES string of the molecule is Cc1cc2cc(CC(=O)NCC(C)(C)O)ccc2[nH]c1=O. The third-order valence-corrected chi connectivity index (χ3v) is 3.18. The zero-order valence-electron chi connectivity index (χ0n) is 12.5. The van der Waals surface area contributed by atoms with E-state index in [-0.39, 0.29) is 24.4 Å². The number of hydrogen-bond donors (Lipinski definition) is 3. The van der Waals surface area contributed by atoms with Crippen LogP contribution < -0.4 is 10.9 Å². The van der Waals surface area contributed by atoms with Crippen LogP contribution in [0.25, 0.3) is 10.9 Å². The van der Waals surface area contributed by atoms with E-state index in [1.807, 2.05) is 18.2 Å². The molecule has 0 saturated carbocycles. The van der Waals surface area contributed by atoms with Crippen molar-refractivity contribution in [2.24, 2.45) is 0 Å². The molecule has 0 aliphatic rings. The van der Waals surface area contributed by atoms with Crippen LogP contribution >= 0.6 is 0 Å². The molecule has 2 aromatic rings. The van der Waals surface area contributed by atoms with Crippen LogP contribution in [0.15, 0.2) is 29.1 Å². The van der Waals surface area contributed by atoms with Gasteiger partial charge < -0.3 is 15.4 Å². The Kier molecular flexibility index (Phi) is 4.14. The van der Waals surface area contributed by atoms with Gasteiger partial charge in [0, 0.05) is 17.6 Å². The average Bonchev–Trinajstić information content (AvgIpc) is 2.37. The molecule has 5 heteroatoms. The van der Waals surface area contributed by atoms with Crippen molar-refractivity contribution in [1.82, 2.24) is 10.3 Å². The summed E-state index contributed by atoms with van der Waals surface area (Å²) in [6.07, 6.45) is 0.240. The second-order valence-corrected chi connectivity index (χ2v) is 5.97. The third-order valence-electron chi connectivity index (χ3n) is 3.18. The topological polar surface area (TPSA) is 82.2 Å². The van der Waals surface area contributed by atoms with Crippen LogP contribution in [-0.4, -0.2) is 28.1 Å². The Morgan fingerprint density at radius 3 is 2.71 bits per heavy atom. The maximum absolute atomic E-state index is 11.8. The molecule has 1 heterocycles. The summed E-state index contributed by atoms with van der Waals surface area (Å²) in [6.45, 7) is 5.25. The largest absolute Gasteiger partial charge is 0.389 e. The molecule has 1 aromatic carbocycles. The maximum atomic E-state index is 11.8. The number of pyridine rings is 1. The summed E-state index contributed by atoms with van der Waals surface area (Å²) < 4.78 is 0. The monoisotopic (exact) mass is 288 g/mol. The van der Waals surface area contributed by atoms with Gasteiger partial charge in [-0.15, -0.1) is 0 Å². The van der Waals surface area contributed by atoms with Gasteiger partial charge in [-0.1, -0.05) is 6.07 Å². The number of nitrogens with one attached hydrogen (secondary N) is 2. The first-order chi connectivity index (χ1) is 9.74. The molecule has 0 bridgehead atoms. The van der Waals surface area contributed by atoms with Crippen molar-refractivity contribution in [3.63, 3.8) is 0 Å². The molecule has 0 radical (unpaired) electrons. The van der Waals surface area contributed by atoms with E-state index in [0.717, 1.165) is 16.5 Å². The number of hydrogen-bond acceptors (Lipinski definition) is 3. The molecule has 0 aliphatic carbocycles. The molecular weight excluding hydrogens is 268 g/mol. The molecule has 21 heavy (non-hydrogen) atoms. The molecule has 3 N–H and O–H groups in total. The molecule has 5 nitrogen and oxygen atoms in total. The number of H-pyrrole nitrogens is 1. The Hall–Kier alpha value is -2.14.